The first-order valence-electron chi connectivity index (χ1n) is 14.4. The van der Waals surface area contributed by atoms with Gasteiger partial charge < -0.3 is 10.4 Å². The third-order valence-electron chi connectivity index (χ3n) is 3.26. The number of nitrogens with zero attached hydrogens (tertiary/aromatic N) is 2. The first-order chi connectivity index (χ1) is 17.8. The first-order valence-corrected chi connectivity index (χ1v) is 14.4. The summed E-state index contributed by atoms with van der Waals surface area (Å²) in [6.07, 6.45) is 3.16. The molecule has 0 aromatic heterocycles. The van der Waals surface area contributed by atoms with Crippen LogP contribution in [-0.2, 0) is 24.0 Å². The lowest BCUT2D eigenvalue weighted by Crippen LogP contribution is -2.43. The van der Waals surface area contributed by atoms with Gasteiger partial charge in [-0.15, -0.1) is 0 Å². The van der Waals surface area contributed by atoms with Crippen LogP contribution in [0.25, 0.3) is 0 Å². The Balaban J connectivity index is -0.000000481. The van der Waals surface area contributed by atoms with Gasteiger partial charge in [-0.05, 0) is 73.1 Å². The van der Waals surface area contributed by atoms with E-state index in [-0.39, 0.29) is 42.0 Å². The van der Waals surface area contributed by atoms with Crippen molar-refractivity contribution in [3.05, 3.63) is 12.2 Å². The maximum Gasteiger partial charge on any atom is 0.254 e. The van der Waals surface area contributed by atoms with E-state index in [1.807, 2.05) is 20.8 Å². The van der Waals surface area contributed by atoms with Crippen LogP contribution in [0, 0.1) is 10.8 Å². The number of hydrogen-bond acceptors (Lipinski definition) is 7. The smallest absolute Gasteiger partial charge is 0.254 e. The zero-order valence-electron chi connectivity index (χ0n) is 29.4. The van der Waals surface area contributed by atoms with Crippen molar-refractivity contribution in [3.8, 4) is 0 Å². The molecule has 0 saturated carbocycles. The van der Waals surface area contributed by atoms with Crippen LogP contribution >= 0.6 is 0 Å². The summed E-state index contributed by atoms with van der Waals surface area (Å²) >= 11 is 0. The third kappa shape index (κ3) is 37.9. The predicted octanol–water partition coefficient (Wildman–Crippen LogP) is 6.05. The molecule has 2 N–H and O–H groups in total. The summed E-state index contributed by atoms with van der Waals surface area (Å²) in [5, 5.41) is 12.6. The van der Waals surface area contributed by atoms with Gasteiger partial charge in [-0.1, -0.05) is 55.4 Å². The highest BCUT2D eigenvalue weighted by Crippen LogP contribution is 2.18. The number of carbonyl (C=O) groups excluding carboxylic acids is 4. The second-order valence-corrected chi connectivity index (χ2v) is 16.3. The van der Waals surface area contributed by atoms with Crippen LogP contribution in [0.2, 0.25) is 0 Å². The highest BCUT2D eigenvalue weighted by molar-refractivity contribution is 6.12. The Labute approximate surface area is 251 Å². The molecule has 0 bridgehead atoms. The van der Waals surface area contributed by atoms with E-state index in [1.54, 1.807) is 41.5 Å². The summed E-state index contributed by atoms with van der Waals surface area (Å²) in [5.74, 6) is -0.915. The molecule has 0 radical (unpaired) electrons. The standard InChI is InChI=1S/C10H16N2O2.C8H13NO3.2C5H12.C4H10O/c1-10(2,3)11-6-7-12-8(13)4-5-9(12)14;1-8(2,3)12-9-6(10)4-5-7(9)11;2*1-5(2,3)4;1-4(2,3)5/h4-5,11H,6-7H2,1-3H3;4-5H2,1-3H3;2*1-4H3;5H,1-3H3. The van der Waals surface area contributed by atoms with E-state index in [0.717, 1.165) is 5.06 Å². The van der Waals surface area contributed by atoms with Gasteiger partial charge in [0.1, 0.15) is 0 Å². The number of nitrogens with one attached hydrogen (secondary N) is 1. The van der Waals surface area contributed by atoms with Crippen molar-refractivity contribution < 1.29 is 29.1 Å². The number of carbonyl (C=O) groups is 4. The Morgan fingerprint density at radius 1 is 0.683 bits per heavy atom. The Morgan fingerprint density at radius 3 is 1.22 bits per heavy atom. The molecule has 2 aliphatic rings. The number of hydroxylamine groups is 2. The van der Waals surface area contributed by atoms with Crippen LogP contribution in [-0.4, -0.2) is 68.5 Å². The molecule has 0 aromatic rings. The van der Waals surface area contributed by atoms with Gasteiger partial charge in [0.25, 0.3) is 23.6 Å². The lowest BCUT2D eigenvalue weighted by molar-refractivity contribution is -0.218. The van der Waals surface area contributed by atoms with Gasteiger partial charge in [0.15, 0.2) is 0 Å². The highest BCUT2D eigenvalue weighted by Gasteiger charge is 2.33. The van der Waals surface area contributed by atoms with Crippen LogP contribution in [0.1, 0.15) is 131 Å². The Kier molecular flexibility index (Phi) is 18.8. The van der Waals surface area contributed by atoms with E-state index in [1.165, 1.54) is 17.1 Å². The van der Waals surface area contributed by atoms with Crippen molar-refractivity contribution in [2.75, 3.05) is 13.1 Å². The summed E-state index contributed by atoms with van der Waals surface area (Å²) in [6.45, 7) is 35.3. The maximum absolute atomic E-state index is 11.1. The average molecular weight is 586 g/mol. The lowest BCUT2D eigenvalue weighted by Gasteiger charge is -2.24. The minimum atomic E-state index is -0.500. The number of aliphatic hydroxyl groups is 1. The van der Waals surface area contributed by atoms with Gasteiger partial charge in [-0.2, -0.15) is 5.06 Å². The van der Waals surface area contributed by atoms with Gasteiger partial charge >= 0.3 is 0 Å². The molecule has 0 aromatic carbocycles. The van der Waals surface area contributed by atoms with Crippen LogP contribution in [0.3, 0.4) is 0 Å². The predicted molar refractivity (Wildman–Crippen MR) is 168 cm³/mol. The molecular weight excluding hydrogens is 522 g/mol. The second-order valence-electron chi connectivity index (χ2n) is 16.3. The molecule has 4 amide bonds. The van der Waals surface area contributed by atoms with E-state index in [2.05, 4.69) is 60.7 Å². The monoisotopic (exact) mass is 585 g/mol. The van der Waals surface area contributed by atoms with E-state index in [4.69, 9.17) is 9.94 Å². The average Bonchev–Trinajstić information content (AvgIpc) is 3.12. The Morgan fingerprint density at radius 2 is 0.976 bits per heavy atom. The maximum atomic E-state index is 11.1. The van der Waals surface area contributed by atoms with Crippen LogP contribution in [0.15, 0.2) is 12.2 Å². The van der Waals surface area contributed by atoms with Crippen molar-refractivity contribution in [1.29, 1.82) is 0 Å². The summed E-state index contributed by atoms with van der Waals surface area (Å²) < 4.78 is 0. The quantitative estimate of drug-likeness (QED) is 0.386. The molecule has 2 heterocycles. The van der Waals surface area contributed by atoms with Gasteiger partial charge in [-0.25, -0.2) is 0 Å². The summed E-state index contributed by atoms with van der Waals surface area (Å²) in [6, 6.07) is 0. The summed E-state index contributed by atoms with van der Waals surface area (Å²) in [5.41, 5.74) is 0.0227. The van der Waals surface area contributed by atoms with Gasteiger partial charge in [0.2, 0.25) is 0 Å². The van der Waals surface area contributed by atoms with Gasteiger partial charge in [0, 0.05) is 43.6 Å². The molecular formula is C32H63N3O6. The number of hydrogen-bond donors (Lipinski definition) is 2. The fourth-order valence-electron chi connectivity index (χ4n) is 2.13. The van der Waals surface area contributed by atoms with Crippen LogP contribution < -0.4 is 5.32 Å². The Bertz CT molecular complexity index is 765. The van der Waals surface area contributed by atoms with Crippen molar-refractivity contribution in [2.45, 2.75) is 147 Å². The molecule has 242 valence electrons. The second kappa shape index (κ2) is 17.8. The molecule has 0 spiro atoms. The molecule has 1 saturated heterocycles. The van der Waals surface area contributed by atoms with Crippen molar-refractivity contribution >= 4 is 23.6 Å². The van der Waals surface area contributed by atoms with E-state index in [0.29, 0.717) is 23.9 Å². The van der Waals surface area contributed by atoms with E-state index in [9.17, 15) is 19.2 Å². The fraction of sp³-hybridized carbons (Fsp3) is 0.812. The SMILES string of the molecule is CC(C)(C)C.CC(C)(C)C.CC(C)(C)NCCN1C(=O)C=CC1=O.CC(C)(C)O.CC(C)(C)ON1C(=O)CCC1=O. The first kappa shape index (κ1) is 43.4. The minimum Gasteiger partial charge on any atom is -0.391 e. The molecule has 0 aliphatic carbocycles. The third-order valence-corrected chi connectivity index (χ3v) is 3.26. The van der Waals surface area contributed by atoms with Gasteiger partial charge in [-0.3, -0.25) is 28.9 Å². The molecule has 9 nitrogen and oxygen atoms in total. The van der Waals surface area contributed by atoms with Gasteiger partial charge in [0.05, 0.1) is 11.2 Å². The zero-order chi connectivity index (χ0) is 33.6. The lowest BCUT2D eigenvalue weighted by atomic mass is 10.0. The minimum absolute atomic E-state index is 0.0131. The largest absolute Gasteiger partial charge is 0.391 e. The summed E-state index contributed by atoms with van der Waals surface area (Å²) in [4.78, 5) is 50.7. The molecule has 2 aliphatic heterocycles. The molecule has 9 heteroatoms. The van der Waals surface area contributed by atoms with Crippen molar-refractivity contribution in [3.63, 3.8) is 0 Å². The number of imide groups is 2. The summed E-state index contributed by atoms with van der Waals surface area (Å²) in [7, 11) is 0. The topological polar surface area (TPSA) is 116 Å². The molecule has 0 unspecified atom stereocenters. The fourth-order valence-corrected chi connectivity index (χ4v) is 2.13. The highest BCUT2D eigenvalue weighted by atomic mass is 16.7. The van der Waals surface area contributed by atoms with E-state index < -0.39 is 11.2 Å². The molecule has 0 atom stereocenters. The number of amides is 4. The van der Waals surface area contributed by atoms with Crippen LogP contribution in [0.5, 0.6) is 0 Å². The molecule has 41 heavy (non-hydrogen) atoms. The molecule has 1 fully saturated rings. The van der Waals surface area contributed by atoms with Crippen molar-refractivity contribution in [2.24, 2.45) is 10.8 Å². The Hall–Kier alpha value is -2.10. The molecule has 2 rings (SSSR count). The normalized spacial score (nSPS) is 15.8. The zero-order valence-corrected chi connectivity index (χ0v) is 29.4. The number of rotatable bonds is 4. The van der Waals surface area contributed by atoms with Crippen LogP contribution in [0.4, 0.5) is 0 Å². The van der Waals surface area contributed by atoms with E-state index >= 15 is 0 Å². The van der Waals surface area contributed by atoms with Crippen molar-refractivity contribution in [1.82, 2.24) is 15.3 Å².